The van der Waals surface area contributed by atoms with Crippen molar-refractivity contribution in [2.75, 3.05) is 6.54 Å². The molecule has 0 aromatic heterocycles. The highest BCUT2D eigenvalue weighted by molar-refractivity contribution is 5.17. The highest BCUT2D eigenvalue weighted by Crippen LogP contribution is 2.17. The quantitative estimate of drug-likeness (QED) is 0.744. The molecular weight excluding hydrogens is 234 g/mol. The van der Waals surface area contributed by atoms with Crippen LogP contribution in [0.4, 0.5) is 0 Å². The molecule has 0 amide bonds. The lowest BCUT2D eigenvalue weighted by Crippen LogP contribution is -2.15. The molecule has 2 rings (SSSR count). The maximum absolute atomic E-state index is 10.0. The number of aliphatic hydroxyl groups is 1. The molecule has 1 unspecified atom stereocenters. The molecule has 19 heavy (non-hydrogen) atoms. The summed E-state index contributed by atoms with van der Waals surface area (Å²) in [5.41, 5.74) is 2.30. The zero-order valence-electron chi connectivity index (χ0n) is 11.1. The predicted molar refractivity (Wildman–Crippen MR) is 78.8 cm³/mol. The van der Waals surface area contributed by atoms with E-state index in [1.807, 2.05) is 36.4 Å². The highest BCUT2D eigenvalue weighted by atomic mass is 16.3. The molecule has 2 N–H and O–H groups in total. The molecule has 0 aliphatic carbocycles. The Labute approximate surface area is 115 Å². The Hall–Kier alpha value is -1.64. The van der Waals surface area contributed by atoms with E-state index in [0.29, 0.717) is 0 Å². The maximum Gasteiger partial charge on any atom is 0.0790 e. The Morgan fingerprint density at radius 1 is 0.895 bits per heavy atom. The van der Waals surface area contributed by atoms with E-state index in [1.165, 1.54) is 5.56 Å². The molecule has 0 aliphatic rings. The second-order valence-electron chi connectivity index (χ2n) is 4.73. The molecule has 0 heterocycles. The third-order valence-corrected chi connectivity index (χ3v) is 3.19. The summed E-state index contributed by atoms with van der Waals surface area (Å²) >= 11 is 0. The van der Waals surface area contributed by atoms with Gasteiger partial charge in [0.05, 0.1) is 6.10 Å². The van der Waals surface area contributed by atoms with Crippen LogP contribution in [0.3, 0.4) is 0 Å². The van der Waals surface area contributed by atoms with E-state index in [4.69, 9.17) is 0 Å². The van der Waals surface area contributed by atoms with Gasteiger partial charge in [-0.2, -0.15) is 0 Å². The number of aliphatic hydroxyl groups excluding tert-OH is 1. The summed E-state index contributed by atoms with van der Waals surface area (Å²) in [5.74, 6) is 0. The van der Waals surface area contributed by atoms with Gasteiger partial charge in [-0.25, -0.2) is 0 Å². The van der Waals surface area contributed by atoms with Crippen LogP contribution in [0.1, 0.15) is 30.1 Å². The van der Waals surface area contributed by atoms with E-state index in [-0.39, 0.29) is 6.10 Å². The SMILES string of the molecule is OC(CCCNCc1ccccc1)c1ccccc1. The van der Waals surface area contributed by atoms with E-state index in [2.05, 4.69) is 29.6 Å². The number of benzene rings is 2. The van der Waals surface area contributed by atoms with Gasteiger partial charge in [0.15, 0.2) is 0 Å². The fourth-order valence-electron chi connectivity index (χ4n) is 2.09. The van der Waals surface area contributed by atoms with Gasteiger partial charge < -0.3 is 10.4 Å². The van der Waals surface area contributed by atoms with Crippen molar-refractivity contribution >= 4 is 0 Å². The average molecular weight is 255 g/mol. The summed E-state index contributed by atoms with van der Waals surface area (Å²) in [5, 5.41) is 13.4. The molecule has 100 valence electrons. The summed E-state index contributed by atoms with van der Waals surface area (Å²) < 4.78 is 0. The molecule has 0 spiro atoms. The number of rotatable bonds is 7. The van der Waals surface area contributed by atoms with Gasteiger partial charge in [0.2, 0.25) is 0 Å². The minimum absolute atomic E-state index is 0.347. The van der Waals surface area contributed by atoms with Crippen LogP contribution in [0.5, 0.6) is 0 Å². The lowest BCUT2D eigenvalue weighted by atomic mass is 10.1. The summed E-state index contributed by atoms with van der Waals surface area (Å²) in [6.45, 7) is 1.82. The Kier molecular flexibility index (Phi) is 5.60. The van der Waals surface area contributed by atoms with Crippen molar-refractivity contribution in [3.63, 3.8) is 0 Å². The second-order valence-corrected chi connectivity index (χ2v) is 4.73. The van der Waals surface area contributed by atoms with Crippen molar-refractivity contribution in [1.82, 2.24) is 5.32 Å². The van der Waals surface area contributed by atoms with E-state index >= 15 is 0 Å². The van der Waals surface area contributed by atoms with E-state index in [0.717, 1.165) is 31.5 Å². The third kappa shape index (κ3) is 4.86. The van der Waals surface area contributed by atoms with Gasteiger partial charge in [0.1, 0.15) is 0 Å². The zero-order chi connectivity index (χ0) is 13.3. The van der Waals surface area contributed by atoms with Crippen LogP contribution in [0.2, 0.25) is 0 Å². The van der Waals surface area contributed by atoms with E-state index in [1.54, 1.807) is 0 Å². The lowest BCUT2D eigenvalue weighted by molar-refractivity contribution is 0.164. The Bertz CT molecular complexity index is 455. The molecule has 0 radical (unpaired) electrons. The predicted octanol–water partition coefficient (Wildman–Crippen LogP) is 3.29. The third-order valence-electron chi connectivity index (χ3n) is 3.19. The van der Waals surface area contributed by atoms with Crippen LogP contribution < -0.4 is 5.32 Å². The normalized spacial score (nSPS) is 12.3. The van der Waals surface area contributed by atoms with Crippen LogP contribution in [0.15, 0.2) is 60.7 Å². The number of nitrogens with one attached hydrogen (secondary N) is 1. The van der Waals surface area contributed by atoms with Gasteiger partial charge in [-0.1, -0.05) is 60.7 Å². The molecule has 2 aromatic carbocycles. The Morgan fingerprint density at radius 2 is 1.53 bits per heavy atom. The highest BCUT2D eigenvalue weighted by Gasteiger charge is 2.05. The summed E-state index contributed by atoms with van der Waals surface area (Å²) in [6, 6.07) is 20.2. The first-order valence-corrected chi connectivity index (χ1v) is 6.84. The fraction of sp³-hybridized carbons (Fsp3) is 0.294. The van der Waals surface area contributed by atoms with Crippen LogP contribution in [-0.2, 0) is 6.54 Å². The van der Waals surface area contributed by atoms with Crippen molar-refractivity contribution in [1.29, 1.82) is 0 Å². The molecule has 1 atom stereocenters. The molecule has 0 aliphatic heterocycles. The molecule has 0 saturated heterocycles. The molecule has 2 heteroatoms. The van der Waals surface area contributed by atoms with Gasteiger partial charge in [-0.3, -0.25) is 0 Å². The van der Waals surface area contributed by atoms with Gasteiger partial charge in [-0.05, 0) is 30.5 Å². The van der Waals surface area contributed by atoms with Crippen molar-refractivity contribution in [2.24, 2.45) is 0 Å². The Morgan fingerprint density at radius 3 is 2.21 bits per heavy atom. The van der Waals surface area contributed by atoms with Crippen LogP contribution in [0, 0.1) is 0 Å². The molecular formula is C17H21NO. The second kappa shape index (κ2) is 7.72. The first-order valence-electron chi connectivity index (χ1n) is 6.84. The largest absolute Gasteiger partial charge is 0.388 e. The van der Waals surface area contributed by atoms with Crippen molar-refractivity contribution in [2.45, 2.75) is 25.5 Å². The monoisotopic (exact) mass is 255 g/mol. The standard InChI is InChI=1S/C17H21NO/c19-17(16-10-5-2-6-11-16)12-7-13-18-14-15-8-3-1-4-9-15/h1-6,8-11,17-19H,7,12-14H2. The smallest absolute Gasteiger partial charge is 0.0790 e. The van der Waals surface area contributed by atoms with Crippen LogP contribution >= 0.6 is 0 Å². The van der Waals surface area contributed by atoms with Crippen LogP contribution in [0.25, 0.3) is 0 Å². The van der Waals surface area contributed by atoms with E-state index in [9.17, 15) is 5.11 Å². The van der Waals surface area contributed by atoms with Gasteiger partial charge >= 0.3 is 0 Å². The number of hydrogen-bond acceptors (Lipinski definition) is 2. The van der Waals surface area contributed by atoms with Crippen molar-refractivity contribution in [3.05, 3.63) is 71.8 Å². The summed E-state index contributed by atoms with van der Waals surface area (Å²) in [4.78, 5) is 0. The molecule has 2 nitrogen and oxygen atoms in total. The first-order chi connectivity index (χ1) is 9.36. The van der Waals surface area contributed by atoms with Gasteiger partial charge in [0, 0.05) is 6.54 Å². The summed E-state index contributed by atoms with van der Waals surface area (Å²) in [6.07, 6.45) is 1.43. The fourth-order valence-corrected chi connectivity index (χ4v) is 2.09. The van der Waals surface area contributed by atoms with Crippen LogP contribution in [-0.4, -0.2) is 11.7 Å². The minimum Gasteiger partial charge on any atom is -0.388 e. The lowest BCUT2D eigenvalue weighted by Gasteiger charge is -2.11. The first kappa shape index (κ1) is 13.8. The van der Waals surface area contributed by atoms with Gasteiger partial charge in [-0.15, -0.1) is 0 Å². The molecule has 0 fully saturated rings. The van der Waals surface area contributed by atoms with Gasteiger partial charge in [0.25, 0.3) is 0 Å². The summed E-state index contributed by atoms with van der Waals surface area (Å²) in [7, 11) is 0. The molecule has 0 bridgehead atoms. The Balaban J connectivity index is 1.62. The van der Waals surface area contributed by atoms with Crippen molar-refractivity contribution < 1.29 is 5.11 Å². The maximum atomic E-state index is 10.0. The topological polar surface area (TPSA) is 32.3 Å². The molecule has 0 saturated carbocycles. The minimum atomic E-state index is -0.347. The zero-order valence-corrected chi connectivity index (χ0v) is 11.1. The van der Waals surface area contributed by atoms with Crippen molar-refractivity contribution in [3.8, 4) is 0 Å². The number of hydrogen-bond donors (Lipinski definition) is 2. The molecule has 2 aromatic rings. The van der Waals surface area contributed by atoms with E-state index < -0.39 is 0 Å². The average Bonchev–Trinajstić information content (AvgIpc) is 2.49.